The SMILES string of the molecule is CCOC(=O)[C@H](COC)OC. The number of carbonyl (C=O) groups excluding carboxylic acids is 1. The molecule has 0 aliphatic carbocycles. The average Bonchev–Trinajstić information content (AvgIpc) is 2.00. The zero-order valence-electron chi connectivity index (χ0n) is 7.12. The van der Waals surface area contributed by atoms with Gasteiger partial charge in [-0.25, -0.2) is 4.79 Å². The fraction of sp³-hybridized carbons (Fsp3) is 0.857. The Kier molecular flexibility index (Phi) is 5.78. The van der Waals surface area contributed by atoms with Gasteiger partial charge in [-0.05, 0) is 6.92 Å². The molecule has 0 rings (SSSR count). The standard InChI is InChI=1S/C7H14O4/c1-4-11-7(8)6(10-3)5-9-2/h6H,4-5H2,1-3H3/t6-/m0/s1. The number of hydrogen-bond donors (Lipinski definition) is 0. The van der Waals surface area contributed by atoms with Gasteiger partial charge in [-0.15, -0.1) is 0 Å². The number of esters is 1. The van der Waals surface area contributed by atoms with Gasteiger partial charge >= 0.3 is 5.97 Å². The summed E-state index contributed by atoms with van der Waals surface area (Å²) in [5.74, 6) is -0.378. The van der Waals surface area contributed by atoms with Gasteiger partial charge in [-0.2, -0.15) is 0 Å². The monoisotopic (exact) mass is 162 g/mol. The Morgan fingerprint density at radius 3 is 2.45 bits per heavy atom. The van der Waals surface area contributed by atoms with E-state index in [1.807, 2.05) is 0 Å². The zero-order chi connectivity index (χ0) is 8.69. The van der Waals surface area contributed by atoms with E-state index < -0.39 is 6.10 Å². The minimum atomic E-state index is -0.597. The third-order valence-corrected chi connectivity index (χ3v) is 1.15. The van der Waals surface area contributed by atoms with Crippen molar-refractivity contribution in [3.8, 4) is 0 Å². The van der Waals surface area contributed by atoms with Crippen molar-refractivity contribution in [2.45, 2.75) is 13.0 Å². The van der Waals surface area contributed by atoms with Gasteiger partial charge in [-0.1, -0.05) is 0 Å². The molecule has 11 heavy (non-hydrogen) atoms. The van der Waals surface area contributed by atoms with Crippen molar-refractivity contribution < 1.29 is 19.0 Å². The van der Waals surface area contributed by atoms with E-state index in [1.54, 1.807) is 6.92 Å². The lowest BCUT2D eigenvalue weighted by Gasteiger charge is -2.11. The maximum atomic E-state index is 10.9. The molecule has 0 aromatic carbocycles. The van der Waals surface area contributed by atoms with Gasteiger partial charge < -0.3 is 14.2 Å². The highest BCUT2D eigenvalue weighted by atomic mass is 16.6. The minimum Gasteiger partial charge on any atom is -0.464 e. The van der Waals surface area contributed by atoms with E-state index in [0.717, 1.165) is 0 Å². The Hall–Kier alpha value is -0.610. The van der Waals surface area contributed by atoms with Crippen LogP contribution in [-0.4, -0.2) is 39.5 Å². The Morgan fingerprint density at radius 2 is 2.09 bits per heavy atom. The largest absolute Gasteiger partial charge is 0.464 e. The minimum absolute atomic E-state index is 0.231. The second-order valence-electron chi connectivity index (χ2n) is 1.93. The molecule has 0 bridgehead atoms. The molecular formula is C7H14O4. The van der Waals surface area contributed by atoms with Crippen molar-refractivity contribution >= 4 is 5.97 Å². The van der Waals surface area contributed by atoms with Crippen LogP contribution in [0.5, 0.6) is 0 Å². The van der Waals surface area contributed by atoms with E-state index in [0.29, 0.717) is 6.61 Å². The average molecular weight is 162 g/mol. The van der Waals surface area contributed by atoms with Crippen LogP contribution in [0.25, 0.3) is 0 Å². The summed E-state index contributed by atoms with van der Waals surface area (Å²) in [5.41, 5.74) is 0. The Labute approximate surface area is 66.4 Å². The van der Waals surface area contributed by atoms with Gasteiger partial charge in [-0.3, -0.25) is 0 Å². The molecule has 0 aromatic heterocycles. The van der Waals surface area contributed by atoms with Crippen LogP contribution < -0.4 is 0 Å². The molecular weight excluding hydrogens is 148 g/mol. The quantitative estimate of drug-likeness (QED) is 0.542. The lowest BCUT2D eigenvalue weighted by Crippen LogP contribution is -2.29. The summed E-state index contributed by atoms with van der Waals surface area (Å²) < 4.78 is 14.2. The predicted molar refractivity (Wildman–Crippen MR) is 39.3 cm³/mol. The summed E-state index contributed by atoms with van der Waals surface area (Å²) in [6, 6.07) is 0. The molecule has 4 nitrogen and oxygen atoms in total. The first-order chi connectivity index (χ1) is 5.26. The first-order valence-electron chi connectivity index (χ1n) is 3.44. The molecule has 0 spiro atoms. The number of hydrogen-bond acceptors (Lipinski definition) is 4. The van der Waals surface area contributed by atoms with Gasteiger partial charge in [0, 0.05) is 14.2 Å². The fourth-order valence-electron chi connectivity index (χ4n) is 0.619. The molecule has 1 atom stereocenters. The van der Waals surface area contributed by atoms with E-state index >= 15 is 0 Å². The van der Waals surface area contributed by atoms with Crippen LogP contribution in [0.3, 0.4) is 0 Å². The van der Waals surface area contributed by atoms with Crippen molar-refractivity contribution in [3.05, 3.63) is 0 Å². The summed E-state index contributed by atoms with van der Waals surface area (Å²) in [4.78, 5) is 10.9. The lowest BCUT2D eigenvalue weighted by atomic mass is 10.4. The van der Waals surface area contributed by atoms with E-state index in [1.165, 1.54) is 14.2 Å². The first-order valence-corrected chi connectivity index (χ1v) is 3.44. The van der Waals surface area contributed by atoms with E-state index in [2.05, 4.69) is 0 Å². The number of rotatable bonds is 5. The van der Waals surface area contributed by atoms with Crippen LogP contribution >= 0.6 is 0 Å². The normalized spacial score (nSPS) is 12.6. The molecule has 0 heterocycles. The molecule has 0 aliphatic rings. The van der Waals surface area contributed by atoms with Crippen LogP contribution in [0.1, 0.15) is 6.92 Å². The van der Waals surface area contributed by atoms with Crippen LogP contribution in [0.2, 0.25) is 0 Å². The first kappa shape index (κ1) is 10.4. The molecule has 0 N–H and O–H groups in total. The number of ether oxygens (including phenoxy) is 3. The Balaban J connectivity index is 3.71. The van der Waals surface area contributed by atoms with E-state index in [4.69, 9.17) is 14.2 Å². The molecule has 0 amide bonds. The molecule has 0 aliphatic heterocycles. The summed E-state index contributed by atoms with van der Waals surface area (Å²) >= 11 is 0. The second-order valence-corrected chi connectivity index (χ2v) is 1.93. The van der Waals surface area contributed by atoms with E-state index in [9.17, 15) is 4.79 Å². The highest BCUT2D eigenvalue weighted by Crippen LogP contribution is 1.94. The molecule has 0 fully saturated rings. The zero-order valence-corrected chi connectivity index (χ0v) is 7.12. The van der Waals surface area contributed by atoms with Crippen molar-refractivity contribution in [1.82, 2.24) is 0 Å². The highest BCUT2D eigenvalue weighted by Gasteiger charge is 2.17. The molecule has 0 saturated carbocycles. The third-order valence-electron chi connectivity index (χ3n) is 1.15. The second kappa shape index (κ2) is 6.12. The molecule has 66 valence electrons. The van der Waals surface area contributed by atoms with Crippen molar-refractivity contribution in [1.29, 1.82) is 0 Å². The highest BCUT2D eigenvalue weighted by molar-refractivity contribution is 5.74. The fourth-order valence-corrected chi connectivity index (χ4v) is 0.619. The van der Waals surface area contributed by atoms with Crippen molar-refractivity contribution in [2.75, 3.05) is 27.4 Å². The maximum Gasteiger partial charge on any atom is 0.337 e. The molecule has 4 heteroatoms. The van der Waals surface area contributed by atoms with Crippen LogP contribution in [0.4, 0.5) is 0 Å². The van der Waals surface area contributed by atoms with Crippen LogP contribution in [0.15, 0.2) is 0 Å². The van der Waals surface area contributed by atoms with Gasteiger partial charge in [0.25, 0.3) is 0 Å². The lowest BCUT2D eigenvalue weighted by molar-refractivity contribution is -0.157. The van der Waals surface area contributed by atoms with Gasteiger partial charge in [0.05, 0.1) is 13.2 Å². The molecule has 0 saturated heterocycles. The van der Waals surface area contributed by atoms with Crippen LogP contribution in [0, 0.1) is 0 Å². The van der Waals surface area contributed by atoms with Crippen LogP contribution in [-0.2, 0) is 19.0 Å². The summed E-state index contributed by atoms with van der Waals surface area (Å²) in [6.45, 7) is 2.34. The summed E-state index contributed by atoms with van der Waals surface area (Å²) in [6.07, 6.45) is -0.597. The van der Waals surface area contributed by atoms with Gasteiger partial charge in [0.2, 0.25) is 0 Å². The summed E-state index contributed by atoms with van der Waals surface area (Å²) in [7, 11) is 2.95. The number of carbonyl (C=O) groups is 1. The van der Waals surface area contributed by atoms with Crippen molar-refractivity contribution in [2.24, 2.45) is 0 Å². The maximum absolute atomic E-state index is 10.9. The van der Waals surface area contributed by atoms with E-state index in [-0.39, 0.29) is 12.6 Å². The van der Waals surface area contributed by atoms with Crippen molar-refractivity contribution in [3.63, 3.8) is 0 Å². The topological polar surface area (TPSA) is 44.8 Å². The molecule has 0 aromatic rings. The Bertz CT molecular complexity index is 113. The number of methoxy groups -OCH3 is 2. The van der Waals surface area contributed by atoms with Gasteiger partial charge in [0.15, 0.2) is 6.10 Å². The summed E-state index contributed by atoms with van der Waals surface area (Å²) in [5, 5.41) is 0. The molecule has 0 unspecified atom stereocenters. The third kappa shape index (κ3) is 3.95. The Morgan fingerprint density at radius 1 is 1.45 bits per heavy atom. The smallest absolute Gasteiger partial charge is 0.337 e. The molecule has 0 radical (unpaired) electrons. The van der Waals surface area contributed by atoms with Gasteiger partial charge in [0.1, 0.15) is 0 Å². The predicted octanol–water partition coefficient (Wildman–Crippen LogP) is 0.211.